The van der Waals surface area contributed by atoms with Crippen LogP contribution < -0.4 is 5.63 Å². The predicted octanol–water partition coefficient (Wildman–Crippen LogP) is 3.75. The van der Waals surface area contributed by atoms with Crippen LogP contribution in [0.25, 0.3) is 22.2 Å². The van der Waals surface area contributed by atoms with Gasteiger partial charge in [-0.05, 0) is 30.7 Å². The summed E-state index contributed by atoms with van der Waals surface area (Å²) >= 11 is 5.85. The largest absolute Gasteiger partial charge is 0.428 e. The Hall–Kier alpha value is -2.00. The van der Waals surface area contributed by atoms with Gasteiger partial charge in [-0.3, -0.25) is 0 Å². The Morgan fingerprint density at radius 2 is 1.89 bits per heavy atom. The number of aryl methyl sites for hydroxylation is 1. The molecule has 90 valence electrons. The summed E-state index contributed by atoms with van der Waals surface area (Å²) in [6, 6.07) is 11.1. The molecule has 2 aromatic heterocycles. The Labute approximate surface area is 108 Å². The molecule has 0 bridgehead atoms. The molecule has 1 N–H and O–H groups in total. The molecule has 2 heterocycles. The Morgan fingerprint density at radius 1 is 1.17 bits per heavy atom. The molecule has 0 aliphatic heterocycles. The van der Waals surface area contributed by atoms with Gasteiger partial charge >= 0.3 is 5.63 Å². The molecule has 0 radical (unpaired) electrons. The van der Waals surface area contributed by atoms with Gasteiger partial charge in [0.2, 0.25) is 0 Å². The lowest BCUT2D eigenvalue weighted by molar-refractivity contribution is 0.488. The zero-order valence-corrected chi connectivity index (χ0v) is 10.4. The summed E-state index contributed by atoms with van der Waals surface area (Å²) < 4.78 is 5.06. The first-order chi connectivity index (χ1) is 8.63. The van der Waals surface area contributed by atoms with Crippen molar-refractivity contribution in [1.29, 1.82) is 0 Å². The van der Waals surface area contributed by atoms with E-state index in [-0.39, 0.29) is 5.63 Å². The molecule has 0 aliphatic rings. The van der Waals surface area contributed by atoms with Crippen molar-refractivity contribution in [3.05, 3.63) is 57.6 Å². The summed E-state index contributed by atoms with van der Waals surface area (Å²) in [4.78, 5) is 14.9. The van der Waals surface area contributed by atoms with Gasteiger partial charge in [-0.2, -0.15) is 0 Å². The average Bonchev–Trinajstić information content (AvgIpc) is 2.74. The first-order valence-corrected chi connectivity index (χ1v) is 5.91. The SMILES string of the molecule is Cc1cc2[nH]c(-c3ccc(Cl)cc3)cc2c(=O)o1. The van der Waals surface area contributed by atoms with E-state index >= 15 is 0 Å². The molecule has 0 aliphatic carbocycles. The van der Waals surface area contributed by atoms with Gasteiger partial charge < -0.3 is 9.40 Å². The van der Waals surface area contributed by atoms with Crippen LogP contribution in [0.2, 0.25) is 5.02 Å². The van der Waals surface area contributed by atoms with E-state index in [1.165, 1.54) is 0 Å². The van der Waals surface area contributed by atoms with Crippen LogP contribution in [0.4, 0.5) is 0 Å². The lowest BCUT2D eigenvalue weighted by atomic mass is 10.1. The molecule has 18 heavy (non-hydrogen) atoms. The Balaban J connectivity index is 2.22. The van der Waals surface area contributed by atoms with Gasteiger partial charge in [-0.1, -0.05) is 23.7 Å². The predicted molar refractivity (Wildman–Crippen MR) is 72.0 cm³/mol. The zero-order chi connectivity index (χ0) is 12.7. The number of halogens is 1. The van der Waals surface area contributed by atoms with E-state index in [0.717, 1.165) is 16.8 Å². The fourth-order valence-corrected chi connectivity index (χ4v) is 2.10. The number of H-pyrrole nitrogens is 1. The molecule has 0 spiro atoms. The fourth-order valence-electron chi connectivity index (χ4n) is 1.97. The summed E-state index contributed by atoms with van der Waals surface area (Å²) in [5.74, 6) is 0.594. The van der Waals surface area contributed by atoms with Crippen molar-refractivity contribution in [1.82, 2.24) is 4.98 Å². The van der Waals surface area contributed by atoms with Gasteiger partial charge in [0.25, 0.3) is 0 Å². The van der Waals surface area contributed by atoms with Crippen molar-refractivity contribution in [2.75, 3.05) is 0 Å². The number of aromatic nitrogens is 1. The van der Waals surface area contributed by atoms with Crippen LogP contribution in [0.15, 0.2) is 45.6 Å². The van der Waals surface area contributed by atoms with E-state index in [1.54, 1.807) is 13.0 Å². The molecule has 0 fully saturated rings. The molecule has 3 rings (SSSR count). The molecule has 1 aromatic carbocycles. The van der Waals surface area contributed by atoms with Crippen molar-refractivity contribution < 1.29 is 4.42 Å². The standard InChI is InChI=1S/C14H10ClNO2/c1-8-6-13-11(14(17)18-8)7-12(16-13)9-2-4-10(15)5-3-9/h2-7,16H,1H3. The molecular weight excluding hydrogens is 250 g/mol. The second-order valence-corrected chi connectivity index (χ2v) is 4.60. The molecule has 0 atom stereocenters. The number of hydrogen-bond acceptors (Lipinski definition) is 2. The molecule has 0 amide bonds. The van der Waals surface area contributed by atoms with Crippen LogP contribution >= 0.6 is 11.6 Å². The van der Waals surface area contributed by atoms with E-state index in [9.17, 15) is 4.79 Å². The van der Waals surface area contributed by atoms with Crippen molar-refractivity contribution in [3.8, 4) is 11.3 Å². The van der Waals surface area contributed by atoms with Crippen LogP contribution in [0.1, 0.15) is 5.76 Å². The third-order valence-corrected chi connectivity index (χ3v) is 3.08. The molecule has 0 saturated heterocycles. The molecule has 3 aromatic rings. The number of aromatic amines is 1. The lowest BCUT2D eigenvalue weighted by Crippen LogP contribution is -1.97. The van der Waals surface area contributed by atoms with Crippen molar-refractivity contribution in [2.24, 2.45) is 0 Å². The molecule has 4 heteroatoms. The van der Waals surface area contributed by atoms with Gasteiger partial charge in [-0.15, -0.1) is 0 Å². The third-order valence-electron chi connectivity index (χ3n) is 2.82. The lowest BCUT2D eigenvalue weighted by Gasteiger charge is -1.97. The fraction of sp³-hybridized carbons (Fsp3) is 0.0714. The molecular formula is C14H10ClNO2. The van der Waals surface area contributed by atoms with Crippen LogP contribution in [-0.4, -0.2) is 4.98 Å². The van der Waals surface area contributed by atoms with Gasteiger partial charge in [0.15, 0.2) is 0 Å². The minimum atomic E-state index is -0.318. The first-order valence-electron chi connectivity index (χ1n) is 5.53. The Bertz CT molecular complexity index is 769. The highest BCUT2D eigenvalue weighted by Crippen LogP contribution is 2.24. The van der Waals surface area contributed by atoms with Gasteiger partial charge in [0.05, 0.1) is 10.9 Å². The van der Waals surface area contributed by atoms with Gasteiger partial charge in [0.1, 0.15) is 5.76 Å². The second-order valence-electron chi connectivity index (χ2n) is 4.16. The van der Waals surface area contributed by atoms with Crippen molar-refractivity contribution in [2.45, 2.75) is 6.92 Å². The maximum Gasteiger partial charge on any atom is 0.345 e. The Kier molecular flexibility index (Phi) is 2.49. The molecule has 0 unspecified atom stereocenters. The topological polar surface area (TPSA) is 46.0 Å². The summed E-state index contributed by atoms with van der Waals surface area (Å²) in [6.45, 7) is 1.75. The van der Waals surface area contributed by atoms with E-state index in [0.29, 0.717) is 16.2 Å². The number of benzene rings is 1. The van der Waals surface area contributed by atoms with Crippen LogP contribution in [0.5, 0.6) is 0 Å². The van der Waals surface area contributed by atoms with E-state index in [2.05, 4.69) is 4.98 Å². The summed E-state index contributed by atoms with van der Waals surface area (Å²) in [5.41, 5.74) is 2.32. The van der Waals surface area contributed by atoms with Crippen LogP contribution in [0.3, 0.4) is 0 Å². The average molecular weight is 260 g/mol. The highest BCUT2D eigenvalue weighted by Gasteiger charge is 2.08. The maximum atomic E-state index is 11.7. The number of rotatable bonds is 1. The highest BCUT2D eigenvalue weighted by molar-refractivity contribution is 6.30. The normalized spacial score (nSPS) is 11.0. The molecule has 0 saturated carbocycles. The van der Waals surface area contributed by atoms with Gasteiger partial charge in [-0.25, -0.2) is 4.79 Å². The van der Waals surface area contributed by atoms with Crippen LogP contribution in [-0.2, 0) is 0 Å². The zero-order valence-electron chi connectivity index (χ0n) is 9.66. The molecule has 3 nitrogen and oxygen atoms in total. The number of hydrogen-bond donors (Lipinski definition) is 1. The quantitative estimate of drug-likeness (QED) is 0.723. The Morgan fingerprint density at radius 3 is 2.61 bits per heavy atom. The minimum absolute atomic E-state index is 0.318. The third kappa shape index (κ3) is 1.83. The number of fused-ring (bicyclic) bond motifs is 1. The van der Waals surface area contributed by atoms with E-state index in [1.807, 2.05) is 30.3 Å². The highest BCUT2D eigenvalue weighted by atomic mass is 35.5. The first kappa shape index (κ1) is 11.1. The summed E-state index contributed by atoms with van der Waals surface area (Å²) in [7, 11) is 0. The van der Waals surface area contributed by atoms with Crippen LogP contribution in [0, 0.1) is 6.92 Å². The number of nitrogens with one attached hydrogen (secondary N) is 1. The van der Waals surface area contributed by atoms with E-state index in [4.69, 9.17) is 16.0 Å². The monoisotopic (exact) mass is 259 g/mol. The van der Waals surface area contributed by atoms with Gasteiger partial charge in [0, 0.05) is 16.8 Å². The summed E-state index contributed by atoms with van der Waals surface area (Å²) in [6.07, 6.45) is 0. The van der Waals surface area contributed by atoms with Crippen molar-refractivity contribution in [3.63, 3.8) is 0 Å². The minimum Gasteiger partial charge on any atom is -0.428 e. The summed E-state index contributed by atoms with van der Waals surface area (Å²) in [5, 5.41) is 1.25. The second kappa shape index (κ2) is 4.03. The maximum absolute atomic E-state index is 11.7. The van der Waals surface area contributed by atoms with E-state index < -0.39 is 0 Å². The smallest absolute Gasteiger partial charge is 0.345 e. The van der Waals surface area contributed by atoms with Crippen molar-refractivity contribution >= 4 is 22.5 Å².